The van der Waals surface area contributed by atoms with E-state index in [0.717, 1.165) is 25.6 Å². The molecule has 1 saturated heterocycles. The number of hydrogen-bond donors (Lipinski definition) is 1. The molecule has 0 spiro atoms. The Balaban J connectivity index is 2.10. The minimum Gasteiger partial charge on any atom is -0.338 e. The fraction of sp³-hybridized carbons (Fsp3) is 0.556. The zero-order valence-electron chi connectivity index (χ0n) is 8.07. The van der Waals surface area contributed by atoms with Crippen LogP contribution in [0.4, 0.5) is 5.95 Å². The maximum absolute atomic E-state index is 5.72. The van der Waals surface area contributed by atoms with Gasteiger partial charge in [0.15, 0.2) is 0 Å². The van der Waals surface area contributed by atoms with Crippen molar-refractivity contribution in [2.24, 2.45) is 0 Å². The first-order valence-electron chi connectivity index (χ1n) is 4.71. The van der Waals surface area contributed by atoms with Crippen molar-refractivity contribution in [3.05, 3.63) is 17.4 Å². The Morgan fingerprint density at radius 2 is 2.21 bits per heavy atom. The van der Waals surface area contributed by atoms with Gasteiger partial charge in [-0.1, -0.05) is 11.6 Å². The summed E-state index contributed by atoms with van der Waals surface area (Å²) in [5.74, 6) is 0.766. The molecule has 1 aromatic heterocycles. The number of hydrogen-bond acceptors (Lipinski definition) is 4. The van der Waals surface area contributed by atoms with Crippen LogP contribution in [0.3, 0.4) is 0 Å². The predicted octanol–water partition coefficient (Wildman–Crippen LogP) is 0.928. The summed E-state index contributed by atoms with van der Waals surface area (Å²) in [4.78, 5) is 10.5. The summed E-state index contributed by atoms with van der Waals surface area (Å²) in [6.45, 7) is 5.03. The molecule has 2 heterocycles. The van der Waals surface area contributed by atoms with Crippen LogP contribution in [0.5, 0.6) is 0 Å². The fourth-order valence-electron chi connectivity index (χ4n) is 1.58. The van der Waals surface area contributed by atoms with Gasteiger partial charge in [0, 0.05) is 25.7 Å². The topological polar surface area (TPSA) is 41.1 Å². The van der Waals surface area contributed by atoms with Gasteiger partial charge < -0.3 is 10.2 Å². The third-order valence-corrected chi connectivity index (χ3v) is 2.45. The SMILES string of the molecule is CC1CN(c2ncc(Cl)cn2)CCN1. The van der Waals surface area contributed by atoms with E-state index >= 15 is 0 Å². The van der Waals surface area contributed by atoms with Crippen molar-refractivity contribution in [1.82, 2.24) is 15.3 Å². The average molecular weight is 213 g/mol. The average Bonchev–Trinajstić information content (AvgIpc) is 2.19. The van der Waals surface area contributed by atoms with Crippen LogP contribution < -0.4 is 10.2 Å². The first-order valence-corrected chi connectivity index (χ1v) is 5.09. The normalized spacial score (nSPS) is 22.4. The molecule has 1 fully saturated rings. The molecule has 5 heteroatoms. The van der Waals surface area contributed by atoms with E-state index in [1.807, 2.05) is 0 Å². The Bertz CT molecular complexity index is 300. The maximum atomic E-state index is 5.72. The van der Waals surface area contributed by atoms with Gasteiger partial charge in [0.05, 0.1) is 17.4 Å². The molecule has 4 nitrogen and oxygen atoms in total. The predicted molar refractivity (Wildman–Crippen MR) is 56.7 cm³/mol. The number of rotatable bonds is 1. The molecule has 0 radical (unpaired) electrons. The van der Waals surface area contributed by atoms with Crippen LogP contribution >= 0.6 is 11.6 Å². The molecule has 1 aliphatic rings. The molecular formula is C9H13ClN4. The fourth-order valence-corrected chi connectivity index (χ4v) is 1.68. The first kappa shape index (κ1) is 9.68. The zero-order chi connectivity index (χ0) is 9.97. The Morgan fingerprint density at radius 1 is 1.50 bits per heavy atom. The Hall–Kier alpha value is -0.870. The highest BCUT2D eigenvalue weighted by Crippen LogP contribution is 2.11. The molecule has 0 bridgehead atoms. The van der Waals surface area contributed by atoms with E-state index in [9.17, 15) is 0 Å². The molecule has 1 aromatic rings. The number of piperazine rings is 1. The molecule has 1 aliphatic heterocycles. The molecule has 76 valence electrons. The van der Waals surface area contributed by atoms with Crippen molar-refractivity contribution < 1.29 is 0 Å². The number of nitrogens with one attached hydrogen (secondary N) is 1. The standard InChI is InChI=1S/C9H13ClN4/c1-7-6-14(3-2-11-7)9-12-4-8(10)5-13-9/h4-5,7,11H,2-3,6H2,1H3. The van der Waals surface area contributed by atoms with Gasteiger partial charge in [-0.25, -0.2) is 9.97 Å². The van der Waals surface area contributed by atoms with Gasteiger partial charge >= 0.3 is 0 Å². The second kappa shape index (κ2) is 4.11. The lowest BCUT2D eigenvalue weighted by atomic mass is 10.2. The van der Waals surface area contributed by atoms with Gasteiger partial charge in [-0.2, -0.15) is 0 Å². The van der Waals surface area contributed by atoms with Gasteiger partial charge in [-0.3, -0.25) is 0 Å². The third-order valence-electron chi connectivity index (χ3n) is 2.26. The van der Waals surface area contributed by atoms with Crippen molar-refractivity contribution >= 4 is 17.5 Å². The van der Waals surface area contributed by atoms with Crippen molar-refractivity contribution in [1.29, 1.82) is 0 Å². The van der Waals surface area contributed by atoms with Gasteiger partial charge in [-0.05, 0) is 6.92 Å². The summed E-state index contributed by atoms with van der Waals surface area (Å²) >= 11 is 5.72. The molecule has 0 amide bonds. The molecule has 1 unspecified atom stereocenters. The molecule has 0 aliphatic carbocycles. The van der Waals surface area contributed by atoms with Crippen LogP contribution in [0.1, 0.15) is 6.92 Å². The van der Waals surface area contributed by atoms with Crippen LogP contribution in [0.2, 0.25) is 5.02 Å². The Morgan fingerprint density at radius 3 is 2.86 bits per heavy atom. The van der Waals surface area contributed by atoms with Crippen LogP contribution in [0.15, 0.2) is 12.4 Å². The van der Waals surface area contributed by atoms with Crippen molar-refractivity contribution in [3.63, 3.8) is 0 Å². The van der Waals surface area contributed by atoms with E-state index in [2.05, 4.69) is 27.1 Å². The van der Waals surface area contributed by atoms with Crippen molar-refractivity contribution in [2.45, 2.75) is 13.0 Å². The number of nitrogens with zero attached hydrogens (tertiary/aromatic N) is 3. The highest BCUT2D eigenvalue weighted by molar-refractivity contribution is 6.30. The molecule has 0 saturated carbocycles. The summed E-state index contributed by atoms with van der Waals surface area (Å²) < 4.78 is 0. The second-order valence-corrected chi connectivity index (χ2v) is 3.94. The van der Waals surface area contributed by atoms with Gasteiger partial charge in [0.2, 0.25) is 5.95 Å². The molecule has 2 rings (SSSR count). The molecular weight excluding hydrogens is 200 g/mol. The Labute approximate surface area is 88.3 Å². The van der Waals surface area contributed by atoms with E-state index in [1.165, 1.54) is 0 Å². The lowest BCUT2D eigenvalue weighted by Gasteiger charge is -2.31. The quantitative estimate of drug-likeness (QED) is 0.752. The van der Waals surface area contributed by atoms with E-state index in [-0.39, 0.29) is 0 Å². The van der Waals surface area contributed by atoms with Crippen molar-refractivity contribution in [3.8, 4) is 0 Å². The zero-order valence-corrected chi connectivity index (χ0v) is 8.83. The maximum Gasteiger partial charge on any atom is 0.225 e. The lowest BCUT2D eigenvalue weighted by Crippen LogP contribution is -2.49. The Kier molecular flexibility index (Phi) is 2.84. The third kappa shape index (κ3) is 2.13. The van der Waals surface area contributed by atoms with E-state index in [4.69, 9.17) is 11.6 Å². The van der Waals surface area contributed by atoms with Crippen LogP contribution in [0, 0.1) is 0 Å². The molecule has 14 heavy (non-hydrogen) atoms. The van der Waals surface area contributed by atoms with Gasteiger partial charge in [0.1, 0.15) is 0 Å². The van der Waals surface area contributed by atoms with Crippen LogP contribution in [0.25, 0.3) is 0 Å². The number of halogens is 1. The summed E-state index contributed by atoms with van der Waals surface area (Å²) in [6.07, 6.45) is 3.27. The lowest BCUT2D eigenvalue weighted by molar-refractivity contribution is 0.479. The summed E-state index contributed by atoms with van der Waals surface area (Å²) in [5, 5.41) is 3.95. The summed E-state index contributed by atoms with van der Waals surface area (Å²) in [5.41, 5.74) is 0. The van der Waals surface area contributed by atoms with Gasteiger partial charge in [-0.15, -0.1) is 0 Å². The van der Waals surface area contributed by atoms with E-state index < -0.39 is 0 Å². The highest BCUT2D eigenvalue weighted by Gasteiger charge is 2.17. The summed E-state index contributed by atoms with van der Waals surface area (Å²) in [6, 6.07) is 0.489. The summed E-state index contributed by atoms with van der Waals surface area (Å²) in [7, 11) is 0. The number of anilines is 1. The first-order chi connectivity index (χ1) is 6.75. The smallest absolute Gasteiger partial charge is 0.225 e. The largest absolute Gasteiger partial charge is 0.338 e. The number of aromatic nitrogens is 2. The van der Waals surface area contributed by atoms with Crippen molar-refractivity contribution in [2.75, 3.05) is 24.5 Å². The highest BCUT2D eigenvalue weighted by atomic mass is 35.5. The minimum absolute atomic E-state index is 0.489. The van der Waals surface area contributed by atoms with E-state index in [0.29, 0.717) is 11.1 Å². The van der Waals surface area contributed by atoms with E-state index in [1.54, 1.807) is 12.4 Å². The monoisotopic (exact) mass is 212 g/mol. The van der Waals surface area contributed by atoms with Crippen LogP contribution in [-0.4, -0.2) is 35.6 Å². The minimum atomic E-state index is 0.489. The molecule has 1 N–H and O–H groups in total. The van der Waals surface area contributed by atoms with Crippen LogP contribution in [-0.2, 0) is 0 Å². The van der Waals surface area contributed by atoms with Gasteiger partial charge in [0.25, 0.3) is 0 Å². The second-order valence-electron chi connectivity index (χ2n) is 3.50. The molecule has 0 aromatic carbocycles. The molecule has 1 atom stereocenters.